The Bertz CT molecular complexity index is 327. The summed E-state index contributed by atoms with van der Waals surface area (Å²) >= 11 is 0. The summed E-state index contributed by atoms with van der Waals surface area (Å²) in [7, 11) is 1.71. The van der Waals surface area contributed by atoms with Crippen molar-refractivity contribution in [3.63, 3.8) is 0 Å². The Morgan fingerprint density at radius 2 is 1.63 bits per heavy atom. The van der Waals surface area contributed by atoms with Gasteiger partial charge >= 0.3 is 0 Å². The van der Waals surface area contributed by atoms with Crippen molar-refractivity contribution in [2.75, 3.05) is 33.5 Å². The van der Waals surface area contributed by atoms with E-state index >= 15 is 0 Å². The summed E-state index contributed by atoms with van der Waals surface area (Å²) in [5.74, 6) is 1.72. The highest BCUT2D eigenvalue weighted by Crippen LogP contribution is 2.17. The van der Waals surface area contributed by atoms with Crippen LogP contribution in [0.15, 0.2) is 24.3 Å². The molecule has 1 aromatic carbocycles. The quantitative estimate of drug-likeness (QED) is 0.707. The molecule has 0 aromatic heterocycles. The monoisotopic (exact) mass is 267 g/mol. The van der Waals surface area contributed by atoms with Crippen LogP contribution in [0.25, 0.3) is 0 Å². The maximum atomic E-state index is 5.75. The summed E-state index contributed by atoms with van der Waals surface area (Å²) in [4.78, 5) is 0. The molecule has 1 unspecified atom stereocenters. The van der Waals surface area contributed by atoms with Gasteiger partial charge in [-0.2, -0.15) is 0 Å². The summed E-state index contributed by atoms with van der Waals surface area (Å²) in [5, 5.41) is 3.40. The van der Waals surface area contributed by atoms with Crippen LogP contribution in [-0.4, -0.2) is 39.5 Å². The van der Waals surface area contributed by atoms with E-state index in [2.05, 4.69) is 12.2 Å². The summed E-state index contributed by atoms with van der Waals surface area (Å²) in [6, 6.07) is 7.91. The van der Waals surface area contributed by atoms with Crippen LogP contribution in [0.4, 0.5) is 0 Å². The number of benzene rings is 1. The van der Waals surface area contributed by atoms with E-state index in [0.29, 0.717) is 19.8 Å². The number of hydrogen-bond donors (Lipinski definition) is 1. The van der Waals surface area contributed by atoms with E-state index in [9.17, 15) is 0 Å². The molecule has 0 heterocycles. The predicted octanol–water partition coefficient (Wildman–Crippen LogP) is 2.48. The van der Waals surface area contributed by atoms with E-state index in [4.69, 9.17) is 14.2 Å². The van der Waals surface area contributed by atoms with Crippen molar-refractivity contribution in [3.8, 4) is 11.5 Å². The van der Waals surface area contributed by atoms with Crippen molar-refractivity contribution >= 4 is 0 Å². The molecule has 1 atom stereocenters. The van der Waals surface area contributed by atoms with Gasteiger partial charge in [0, 0.05) is 7.11 Å². The molecule has 0 aliphatic carbocycles. The van der Waals surface area contributed by atoms with Crippen molar-refractivity contribution in [3.05, 3.63) is 24.3 Å². The lowest BCUT2D eigenvalue weighted by Gasteiger charge is -2.18. The molecule has 0 amide bonds. The molecule has 1 N–H and O–H groups in total. The first-order valence-electron chi connectivity index (χ1n) is 6.88. The molecule has 0 spiro atoms. The van der Waals surface area contributed by atoms with Gasteiger partial charge in [0.15, 0.2) is 0 Å². The van der Waals surface area contributed by atoms with Gasteiger partial charge in [0.25, 0.3) is 0 Å². The van der Waals surface area contributed by atoms with Gasteiger partial charge in [-0.1, -0.05) is 6.92 Å². The first-order chi connectivity index (χ1) is 9.30. The third-order valence-electron chi connectivity index (χ3n) is 2.64. The SMILES string of the molecule is CCCNC(COC)COc1ccc(OCC)cc1. The molecule has 108 valence electrons. The second-order valence-electron chi connectivity index (χ2n) is 4.32. The van der Waals surface area contributed by atoms with Gasteiger partial charge in [0.1, 0.15) is 18.1 Å². The lowest BCUT2D eigenvalue weighted by Crippen LogP contribution is -2.38. The third kappa shape index (κ3) is 6.45. The van der Waals surface area contributed by atoms with Gasteiger partial charge < -0.3 is 19.5 Å². The Hall–Kier alpha value is -1.26. The first kappa shape index (κ1) is 15.8. The molecule has 0 aliphatic heterocycles. The first-order valence-corrected chi connectivity index (χ1v) is 6.88. The Labute approximate surface area is 116 Å². The molecular weight excluding hydrogens is 242 g/mol. The van der Waals surface area contributed by atoms with Crippen LogP contribution in [0.2, 0.25) is 0 Å². The number of rotatable bonds is 10. The zero-order valence-corrected chi connectivity index (χ0v) is 12.1. The molecule has 0 aliphatic rings. The number of nitrogens with one attached hydrogen (secondary N) is 1. The molecule has 19 heavy (non-hydrogen) atoms. The lowest BCUT2D eigenvalue weighted by atomic mass is 10.3. The van der Waals surface area contributed by atoms with Crippen molar-refractivity contribution in [1.29, 1.82) is 0 Å². The Morgan fingerprint density at radius 3 is 2.16 bits per heavy atom. The van der Waals surface area contributed by atoms with E-state index in [1.165, 1.54) is 0 Å². The Morgan fingerprint density at radius 1 is 1.00 bits per heavy atom. The van der Waals surface area contributed by atoms with Crippen molar-refractivity contribution in [1.82, 2.24) is 5.32 Å². The average Bonchev–Trinajstić information content (AvgIpc) is 2.44. The standard InChI is InChI=1S/C15H25NO3/c1-4-10-16-13(11-17-3)12-19-15-8-6-14(7-9-15)18-5-2/h6-9,13,16H,4-5,10-12H2,1-3H3. The van der Waals surface area contributed by atoms with E-state index in [0.717, 1.165) is 24.5 Å². The molecule has 0 fully saturated rings. The van der Waals surface area contributed by atoms with Crippen LogP contribution in [-0.2, 0) is 4.74 Å². The number of hydrogen-bond acceptors (Lipinski definition) is 4. The highest BCUT2D eigenvalue weighted by atomic mass is 16.5. The maximum absolute atomic E-state index is 5.75. The van der Waals surface area contributed by atoms with Gasteiger partial charge in [-0.25, -0.2) is 0 Å². The third-order valence-corrected chi connectivity index (χ3v) is 2.64. The maximum Gasteiger partial charge on any atom is 0.119 e. The van der Waals surface area contributed by atoms with Crippen molar-refractivity contribution in [2.45, 2.75) is 26.3 Å². The fraction of sp³-hybridized carbons (Fsp3) is 0.600. The van der Waals surface area contributed by atoms with E-state index in [1.54, 1.807) is 7.11 Å². The number of methoxy groups -OCH3 is 1. The van der Waals surface area contributed by atoms with Crippen LogP contribution in [0.3, 0.4) is 0 Å². The zero-order chi connectivity index (χ0) is 13.9. The van der Waals surface area contributed by atoms with Crippen LogP contribution >= 0.6 is 0 Å². The fourth-order valence-electron chi connectivity index (χ4n) is 1.71. The van der Waals surface area contributed by atoms with Crippen LogP contribution in [0, 0.1) is 0 Å². The van der Waals surface area contributed by atoms with Crippen molar-refractivity contribution < 1.29 is 14.2 Å². The molecule has 4 heteroatoms. The Kier molecular flexibility index (Phi) is 8.02. The Balaban J connectivity index is 2.39. The minimum Gasteiger partial charge on any atom is -0.494 e. The van der Waals surface area contributed by atoms with Gasteiger partial charge in [-0.15, -0.1) is 0 Å². The van der Waals surface area contributed by atoms with E-state index < -0.39 is 0 Å². The molecular formula is C15H25NO3. The largest absolute Gasteiger partial charge is 0.494 e. The van der Waals surface area contributed by atoms with Crippen LogP contribution in [0.1, 0.15) is 20.3 Å². The summed E-state index contributed by atoms with van der Waals surface area (Å²) < 4.78 is 16.3. The van der Waals surface area contributed by atoms with E-state index in [1.807, 2.05) is 31.2 Å². The van der Waals surface area contributed by atoms with Gasteiger partial charge in [0.05, 0.1) is 19.3 Å². The summed E-state index contributed by atoms with van der Waals surface area (Å²) in [6.45, 7) is 7.01. The van der Waals surface area contributed by atoms with E-state index in [-0.39, 0.29) is 6.04 Å². The molecule has 0 bridgehead atoms. The number of ether oxygens (including phenoxy) is 3. The topological polar surface area (TPSA) is 39.7 Å². The normalized spacial score (nSPS) is 12.2. The highest BCUT2D eigenvalue weighted by molar-refractivity contribution is 5.31. The molecule has 1 rings (SSSR count). The van der Waals surface area contributed by atoms with Crippen LogP contribution in [0.5, 0.6) is 11.5 Å². The highest BCUT2D eigenvalue weighted by Gasteiger charge is 2.08. The second kappa shape index (κ2) is 9.64. The average molecular weight is 267 g/mol. The fourth-order valence-corrected chi connectivity index (χ4v) is 1.71. The minimum atomic E-state index is 0.219. The summed E-state index contributed by atoms with van der Waals surface area (Å²) in [6.07, 6.45) is 1.10. The minimum absolute atomic E-state index is 0.219. The lowest BCUT2D eigenvalue weighted by molar-refractivity contribution is 0.136. The van der Waals surface area contributed by atoms with Crippen molar-refractivity contribution in [2.24, 2.45) is 0 Å². The molecule has 0 radical (unpaired) electrons. The smallest absolute Gasteiger partial charge is 0.119 e. The summed E-state index contributed by atoms with van der Waals surface area (Å²) in [5.41, 5.74) is 0. The van der Waals surface area contributed by atoms with Gasteiger partial charge in [-0.05, 0) is 44.2 Å². The zero-order valence-electron chi connectivity index (χ0n) is 12.1. The second-order valence-corrected chi connectivity index (χ2v) is 4.32. The predicted molar refractivity (Wildman–Crippen MR) is 77.1 cm³/mol. The van der Waals surface area contributed by atoms with Crippen LogP contribution < -0.4 is 14.8 Å². The van der Waals surface area contributed by atoms with Gasteiger partial charge in [0.2, 0.25) is 0 Å². The molecule has 4 nitrogen and oxygen atoms in total. The van der Waals surface area contributed by atoms with Gasteiger partial charge in [-0.3, -0.25) is 0 Å². The molecule has 0 saturated heterocycles. The molecule has 0 saturated carbocycles. The molecule has 1 aromatic rings.